The minimum atomic E-state index is -1.07. The molecule has 4 heterocycles. The Hall–Kier alpha value is -5.15. The zero-order valence-electron chi connectivity index (χ0n) is 23.1. The molecule has 0 spiro atoms. The predicted octanol–water partition coefficient (Wildman–Crippen LogP) is 4.83. The molecule has 0 radical (unpaired) electrons. The molecule has 1 aliphatic heterocycles. The van der Waals surface area contributed by atoms with Crippen LogP contribution in [0.15, 0.2) is 54.6 Å². The molecule has 0 aliphatic carbocycles. The molecular weight excluding hydrogens is 558 g/mol. The second-order valence-corrected chi connectivity index (χ2v) is 10.3. The number of hydrogen-bond acceptors (Lipinski definition) is 7. The molecule has 12 heteroatoms. The van der Waals surface area contributed by atoms with Gasteiger partial charge >= 0.3 is 5.97 Å². The van der Waals surface area contributed by atoms with Gasteiger partial charge in [0.25, 0.3) is 0 Å². The second-order valence-electron chi connectivity index (χ2n) is 10.3. The highest BCUT2D eigenvalue weighted by Crippen LogP contribution is 2.29. The molecule has 1 saturated heterocycles. The van der Waals surface area contributed by atoms with Crippen LogP contribution in [0.1, 0.15) is 39.6 Å². The summed E-state index contributed by atoms with van der Waals surface area (Å²) in [6.07, 6.45) is 0.986. The van der Waals surface area contributed by atoms with Gasteiger partial charge in [-0.2, -0.15) is 10.4 Å². The normalized spacial score (nSPS) is 14.4. The van der Waals surface area contributed by atoms with E-state index in [0.29, 0.717) is 35.7 Å². The molecule has 0 unspecified atom stereocenters. The maximum Gasteiger partial charge on any atom is 0.335 e. The van der Waals surface area contributed by atoms with Gasteiger partial charge in [0.05, 0.1) is 53.1 Å². The Bertz CT molecular complexity index is 1890. The van der Waals surface area contributed by atoms with Crippen molar-refractivity contribution < 1.29 is 28.2 Å². The number of nitrogens with zero attached hydrogens (tertiary/aromatic N) is 6. The number of carboxylic acids is 1. The minimum absolute atomic E-state index is 0.0126. The number of pyridine rings is 1. The number of benzene rings is 2. The maximum absolute atomic E-state index is 15.5. The number of carboxylic acid groups (broad SMARTS) is 1. The highest BCUT2D eigenvalue weighted by molar-refractivity contribution is 5.92. The quantitative estimate of drug-likeness (QED) is 0.247. The van der Waals surface area contributed by atoms with Crippen molar-refractivity contribution in [3.8, 4) is 23.2 Å². The Morgan fingerprint density at radius 1 is 1.16 bits per heavy atom. The van der Waals surface area contributed by atoms with E-state index in [2.05, 4.69) is 21.1 Å². The van der Waals surface area contributed by atoms with Gasteiger partial charge in [-0.15, -0.1) is 0 Å². The largest absolute Gasteiger partial charge is 0.478 e. The van der Waals surface area contributed by atoms with Crippen molar-refractivity contribution in [2.24, 2.45) is 7.05 Å². The van der Waals surface area contributed by atoms with E-state index in [4.69, 9.17) is 14.7 Å². The molecule has 0 bridgehead atoms. The van der Waals surface area contributed by atoms with Crippen LogP contribution < -0.4 is 4.74 Å². The van der Waals surface area contributed by atoms with Gasteiger partial charge in [0.15, 0.2) is 0 Å². The molecule has 0 saturated carbocycles. The average Bonchev–Trinajstić information content (AvgIpc) is 3.49. The zero-order valence-corrected chi connectivity index (χ0v) is 23.1. The molecule has 1 aliphatic rings. The average molecular weight is 585 g/mol. The van der Waals surface area contributed by atoms with Crippen molar-refractivity contribution in [1.82, 2.24) is 24.3 Å². The molecular formula is C31H26F2N6O4. The Balaban J connectivity index is 1.25. The number of carbonyl (C=O) groups is 1. The summed E-state index contributed by atoms with van der Waals surface area (Å²) in [5, 5.41) is 22.7. The van der Waals surface area contributed by atoms with Crippen LogP contribution in [0, 0.1) is 23.0 Å². The van der Waals surface area contributed by atoms with E-state index in [0.717, 1.165) is 24.2 Å². The summed E-state index contributed by atoms with van der Waals surface area (Å²) in [5.74, 6) is -1.68. The van der Waals surface area contributed by atoms with Crippen LogP contribution in [0.2, 0.25) is 0 Å². The first-order chi connectivity index (χ1) is 20.8. The van der Waals surface area contributed by atoms with Crippen molar-refractivity contribution in [1.29, 1.82) is 5.26 Å². The van der Waals surface area contributed by atoms with Crippen LogP contribution >= 0.6 is 0 Å². The van der Waals surface area contributed by atoms with Crippen molar-refractivity contribution in [3.05, 3.63) is 94.6 Å². The summed E-state index contributed by atoms with van der Waals surface area (Å²) in [4.78, 5) is 20.5. The fourth-order valence-electron chi connectivity index (χ4n) is 5.05. The third-order valence-electron chi connectivity index (χ3n) is 7.39. The molecule has 0 amide bonds. The first-order valence-electron chi connectivity index (χ1n) is 13.6. The molecule has 1 N–H and O–H groups in total. The van der Waals surface area contributed by atoms with E-state index < -0.39 is 17.6 Å². The van der Waals surface area contributed by atoms with E-state index in [1.165, 1.54) is 12.1 Å². The highest BCUT2D eigenvalue weighted by Gasteiger charge is 2.24. The van der Waals surface area contributed by atoms with Crippen LogP contribution in [-0.2, 0) is 37.8 Å². The number of imidazole rings is 1. The number of halogens is 2. The number of aromatic nitrogens is 5. The SMILES string of the molecule is Cn1nc(COc2cccc(-c3cc(F)c(Cc4nc5ccc(C(=O)O)cc5n4C[C@@H]4CCO4)cc3F)n2)cc1CC#N. The number of nitriles is 1. The fraction of sp³-hybridized carbons (Fsp3) is 0.258. The van der Waals surface area contributed by atoms with Gasteiger partial charge in [0.2, 0.25) is 5.88 Å². The Morgan fingerprint density at radius 3 is 2.74 bits per heavy atom. The lowest BCUT2D eigenvalue weighted by molar-refractivity contribution is -0.0589. The van der Waals surface area contributed by atoms with Crippen molar-refractivity contribution in [3.63, 3.8) is 0 Å². The fourth-order valence-corrected chi connectivity index (χ4v) is 5.05. The van der Waals surface area contributed by atoms with E-state index in [-0.39, 0.29) is 53.8 Å². The second kappa shape index (κ2) is 11.6. The van der Waals surface area contributed by atoms with Gasteiger partial charge in [-0.05, 0) is 54.4 Å². The monoisotopic (exact) mass is 584 g/mol. The molecule has 3 aromatic heterocycles. The number of aryl methyl sites for hydroxylation is 1. The van der Waals surface area contributed by atoms with Crippen LogP contribution in [0.3, 0.4) is 0 Å². The van der Waals surface area contributed by atoms with E-state index >= 15 is 8.78 Å². The minimum Gasteiger partial charge on any atom is -0.478 e. The predicted molar refractivity (Wildman–Crippen MR) is 150 cm³/mol. The lowest BCUT2D eigenvalue weighted by Crippen LogP contribution is -2.31. The Morgan fingerprint density at radius 2 is 2.00 bits per heavy atom. The van der Waals surface area contributed by atoms with E-state index in [1.807, 2.05) is 4.57 Å². The lowest BCUT2D eigenvalue weighted by atomic mass is 10.0. The van der Waals surface area contributed by atoms with Crippen LogP contribution in [-0.4, -0.2) is 48.1 Å². The molecule has 1 atom stereocenters. The topological polar surface area (TPSA) is 128 Å². The summed E-state index contributed by atoms with van der Waals surface area (Å²) in [6.45, 7) is 1.15. The van der Waals surface area contributed by atoms with E-state index in [1.54, 1.807) is 42.1 Å². The highest BCUT2D eigenvalue weighted by atomic mass is 19.1. The molecule has 5 aromatic rings. The smallest absolute Gasteiger partial charge is 0.335 e. The standard InChI is InChI=1S/C31H26F2N6O4/c1-38-21(7-9-34)14-20(37-38)17-43-30-4-2-3-26(36-30)23-15-24(32)19(11-25(23)33)13-29-35-27-6-5-18(31(40)41)12-28(27)39(29)16-22-8-10-42-22/h2-6,11-12,14-15,22H,7-8,10,13,16-17H2,1H3,(H,40,41)/t22-/m0/s1. The number of rotatable bonds is 10. The molecule has 6 rings (SSSR count). The van der Waals surface area contributed by atoms with Gasteiger partial charge in [-0.3, -0.25) is 4.68 Å². The number of aromatic carboxylic acids is 1. The number of ether oxygens (including phenoxy) is 2. The van der Waals surface area contributed by atoms with Gasteiger partial charge in [-0.25, -0.2) is 23.5 Å². The van der Waals surface area contributed by atoms with Crippen molar-refractivity contribution in [2.45, 2.75) is 38.5 Å². The third-order valence-corrected chi connectivity index (χ3v) is 7.39. The van der Waals surface area contributed by atoms with Crippen LogP contribution in [0.4, 0.5) is 8.78 Å². The first kappa shape index (κ1) is 28.0. The van der Waals surface area contributed by atoms with Crippen molar-refractivity contribution >= 4 is 17.0 Å². The third kappa shape index (κ3) is 5.80. The summed E-state index contributed by atoms with van der Waals surface area (Å²) >= 11 is 0. The van der Waals surface area contributed by atoms with E-state index in [9.17, 15) is 9.90 Å². The number of hydrogen-bond donors (Lipinski definition) is 1. The van der Waals surface area contributed by atoms with Gasteiger partial charge in [0, 0.05) is 31.7 Å². The van der Waals surface area contributed by atoms with Gasteiger partial charge < -0.3 is 19.1 Å². The molecule has 218 valence electrons. The summed E-state index contributed by atoms with van der Waals surface area (Å²) < 4.78 is 45.7. The lowest BCUT2D eigenvalue weighted by Gasteiger charge is -2.27. The van der Waals surface area contributed by atoms with Crippen molar-refractivity contribution in [2.75, 3.05) is 6.61 Å². The summed E-state index contributed by atoms with van der Waals surface area (Å²) in [7, 11) is 1.74. The number of fused-ring (bicyclic) bond motifs is 1. The van der Waals surface area contributed by atoms with Gasteiger partial charge in [-0.1, -0.05) is 6.07 Å². The zero-order chi connectivity index (χ0) is 30.1. The molecule has 43 heavy (non-hydrogen) atoms. The first-order valence-corrected chi connectivity index (χ1v) is 13.6. The summed E-state index contributed by atoms with van der Waals surface area (Å²) in [5.41, 5.74) is 2.89. The maximum atomic E-state index is 15.5. The Labute approximate surface area is 244 Å². The molecule has 10 nitrogen and oxygen atoms in total. The molecule has 2 aromatic carbocycles. The van der Waals surface area contributed by atoms with Crippen LogP contribution in [0.25, 0.3) is 22.3 Å². The summed E-state index contributed by atoms with van der Waals surface area (Å²) in [6, 6.07) is 15.5. The van der Waals surface area contributed by atoms with Gasteiger partial charge in [0.1, 0.15) is 29.8 Å². The van der Waals surface area contributed by atoms with Crippen LogP contribution in [0.5, 0.6) is 5.88 Å². The Kier molecular flexibility index (Phi) is 7.56. The molecule has 1 fully saturated rings.